The molecule has 0 spiro atoms. The number of benzene rings is 1. The molecule has 0 N–H and O–H groups in total. The fourth-order valence-electron chi connectivity index (χ4n) is 1.94. The highest BCUT2D eigenvalue weighted by molar-refractivity contribution is 5.95. The highest BCUT2D eigenvalue weighted by atomic mass is 19.4. The van der Waals surface area contributed by atoms with Gasteiger partial charge in [-0.1, -0.05) is 30.3 Å². The fraction of sp³-hybridized carbons (Fsp3) is 0.200. The van der Waals surface area contributed by atoms with Crippen molar-refractivity contribution in [3.63, 3.8) is 0 Å². The van der Waals surface area contributed by atoms with Crippen molar-refractivity contribution in [3.8, 4) is 0 Å². The highest BCUT2D eigenvalue weighted by Crippen LogP contribution is 2.19. The predicted octanol–water partition coefficient (Wildman–Crippen LogP) is 3.43. The van der Waals surface area contributed by atoms with Crippen LogP contribution in [0.1, 0.15) is 10.5 Å². The first kappa shape index (κ1) is 15.0. The van der Waals surface area contributed by atoms with Crippen molar-refractivity contribution < 1.29 is 18.0 Å². The van der Waals surface area contributed by atoms with E-state index in [9.17, 15) is 18.0 Å². The molecule has 2 aromatic rings. The maximum atomic E-state index is 12.5. The van der Waals surface area contributed by atoms with E-state index < -0.39 is 18.6 Å². The highest BCUT2D eigenvalue weighted by Gasteiger charge is 2.33. The lowest BCUT2D eigenvalue weighted by Crippen LogP contribution is -2.39. The summed E-state index contributed by atoms with van der Waals surface area (Å²) in [5.41, 5.74) is 0.550. The molecular weight excluding hydrogens is 281 g/mol. The molecule has 0 saturated heterocycles. The Hall–Kier alpha value is -2.37. The van der Waals surface area contributed by atoms with E-state index in [2.05, 4.69) is 11.6 Å². The van der Waals surface area contributed by atoms with E-state index in [-0.39, 0.29) is 12.2 Å². The van der Waals surface area contributed by atoms with Crippen molar-refractivity contribution in [2.24, 2.45) is 0 Å². The van der Waals surface area contributed by atoms with E-state index in [4.69, 9.17) is 0 Å². The SMILES string of the molecule is C=CCN(CC(F)(F)F)C(=O)c1ccc2ccccc2n1. The molecule has 0 aliphatic rings. The van der Waals surface area contributed by atoms with Gasteiger partial charge in [0.1, 0.15) is 12.2 Å². The third kappa shape index (κ3) is 3.81. The largest absolute Gasteiger partial charge is 0.406 e. The molecule has 2 rings (SSSR count). The van der Waals surface area contributed by atoms with Gasteiger partial charge >= 0.3 is 6.18 Å². The second kappa shape index (κ2) is 5.95. The zero-order chi connectivity index (χ0) is 15.5. The van der Waals surface area contributed by atoms with Crippen LogP contribution >= 0.6 is 0 Å². The van der Waals surface area contributed by atoms with Gasteiger partial charge in [-0.25, -0.2) is 4.98 Å². The van der Waals surface area contributed by atoms with E-state index in [1.807, 2.05) is 12.1 Å². The monoisotopic (exact) mass is 294 g/mol. The van der Waals surface area contributed by atoms with Crippen LogP contribution in [0.3, 0.4) is 0 Å². The van der Waals surface area contributed by atoms with Crippen molar-refractivity contribution in [3.05, 3.63) is 54.7 Å². The molecule has 0 fully saturated rings. The zero-order valence-corrected chi connectivity index (χ0v) is 11.1. The summed E-state index contributed by atoms with van der Waals surface area (Å²) in [7, 11) is 0. The number of nitrogens with zero attached hydrogens (tertiary/aromatic N) is 2. The van der Waals surface area contributed by atoms with Gasteiger partial charge in [0.2, 0.25) is 0 Å². The molecule has 110 valence electrons. The number of amides is 1. The molecule has 6 heteroatoms. The average molecular weight is 294 g/mol. The minimum atomic E-state index is -4.46. The number of pyridine rings is 1. The first-order valence-corrected chi connectivity index (χ1v) is 6.23. The fourth-order valence-corrected chi connectivity index (χ4v) is 1.94. The summed E-state index contributed by atoms with van der Waals surface area (Å²) in [6, 6.07) is 10.2. The third-order valence-electron chi connectivity index (χ3n) is 2.82. The molecule has 0 atom stereocenters. The van der Waals surface area contributed by atoms with Gasteiger partial charge < -0.3 is 4.90 Å². The Kier molecular flexibility index (Phi) is 4.26. The number of hydrogen-bond donors (Lipinski definition) is 0. The molecule has 1 amide bonds. The molecule has 1 heterocycles. The van der Waals surface area contributed by atoms with Crippen LogP contribution in [-0.2, 0) is 0 Å². The summed E-state index contributed by atoms with van der Waals surface area (Å²) in [6.45, 7) is 1.86. The molecule has 21 heavy (non-hydrogen) atoms. The van der Waals surface area contributed by atoms with Crippen LogP contribution in [0, 0.1) is 0 Å². The summed E-state index contributed by atoms with van der Waals surface area (Å²) in [5, 5.41) is 0.820. The molecule has 0 bridgehead atoms. The van der Waals surface area contributed by atoms with Crippen molar-refractivity contribution in [1.82, 2.24) is 9.88 Å². The van der Waals surface area contributed by atoms with E-state index in [0.717, 1.165) is 5.39 Å². The summed E-state index contributed by atoms with van der Waals surface area (Å²) in [6.07, 6.45) is -3.21. The van der Waals surface area contributed by atoms with Crippen molar-refractivity contribution in [2.75, 3.05) is 13.1 Å². The van der Waals surface area contributed by atoms with E-state index in [1.165, 1.54) is 12.1 Å². The standard InChI is InChI=1S/C15H13F3N2O/c1-2-9-20(10-15(16,17)18)14(21)13-8-7-11-5-3-4-6-12(11)19-13/h2-8H,1,9-10H2. The van der Waals surface area contributed by atoms with Crippen LogP contribution in [0.25, 0.3) is 10.9 Å². The summed E-state index contributed by atoms with van der Waals surface area (Å²) >= 11 is 0. The van der Waals surface area contributed by atoms with Crippen molar-refractivity contribution in [2.45, 2.75) is 6.18 Å². The molecule has 1 aromatic carbocycles. The smallest absolute Gasteiger partial charge is 0.324 e. The number of para-hydroxylation sites is 1. The Bertz CT molecular complexity index is 667. The zero-order valence-electron chi connectivity index (χ0n) is 11.1. The van der Waals surface area contributed by atoms with Gasteiger partial charge in [0, 0.05) is 11.9 Å². The Balaban J connectivity index is 2.31. The number of fused-ring (bicyclic) bond motifs is 1. The molecule has 1 aromatic heterocycles. The van der Waals surface area contributed by atoms with Crippen LogP contribution in [-0.4, -0.2) is 35.1 Å². The second-order valence-electron chi connectivity index (χ2n) is 4.48. The quantitative estimate of drug-likeness (QED) is 0.809. The van der Waals surface area contributed by atoms with Gasteiger partial charge in [0.05, 0.1) is 5.52 Å². The molecule has 0 aliphatic heterocycles. The Morgan fingerprint density at radius 3 is 2.62 bits per heavy atom. The number of rotatable bonds is 4. The van der Waals surface area contributed by atoms with Crippen LogP contribution < -0.4 is 0 Å². The first-order chi connectivity index (χ1) is 9.90. The Morgan fingerprint density at radius 1 is 1.24 bits per heavy atom. The van der Waals surface area contributed by atoms with E-state index in [1.54, 1.807) is 18.2 Å². The van der Waals surface area contributed by atoms with Gasteiger partial charge in [-0.15, -0.1) is 6.58 Å². The Labute approximate surface area is 119 Å². The number of hydrogen-bond acceptors (Lipinski definition) is 2. The van der Waals surface area contributed by atoms with Gasteiger partial charge in [0.15, 0.2) is 0 Å². The van der Waals surface area contributed by atoms with Crippen molar-refractivity contribution >= 4 is 16.8 Å². The summed E-state index contributed by atoms with van der Waals surface area (Å²) < 4.78 is 37.5. The molecule has 0 aliphatic carbocycles. The summed E-state index contributed by atoms with van der Waals surface area (Å²) in [5.74, 6) is -0.766. The van der Waals surface area contributed by atoms with Crippen LogP contribution in [0.2, 0.25) is 0 Å². The number of alkyl halides is 3. The summed E-state index contributed by atoms with van der Waals surface area (Å²) in [4.78, 5) is 17.0. The lowest BCUT2D eigenvalue weighted by Gasteiger charge is -2.22. The topological polar surface area (TPSA) is 33.2 Å². The number of carbonyl (C=O) groups is 1. The van der Waals surface area contributed by atoms with Gasteiger partial charge in [-0.2, -0.15) is 13.2 Å². The van der Waals surface area contributed by atoms with Gasteiger partial charge in [-0.05, 0) is 12.1 Å². The second-order valence-corrected chi connectivity index (χ2v) is 4.48. The predicted molar refractivity (Wildman–Crippen MR) is 73.9 cm³/mol. The minimum absolute atomic E-state index is 0.0141. The van der Waals surface area contributed by atoms with Crippen LogP contribution in [0.15, 0.2) is 49.1 Å². The lowest BCUT2D eigenvalue weighted by atomic mass is 10.2. The molecule has 0 unspecified atom stereocenters. The van der Waals surface area contributed by atoms with Crippen LogP contribution in [0.4, 0.5) is 13.2 Å². The molecule has 0 radical (unpaired) electrons. The number of carbonyl (C=O) groups excluding carboxylic acids is 1. The molecule has 0 saturated carbocycles. The van der Waals surface area contributed by atoms with Gasteiger partial charge in [0.25, 0.3) is 5.91 Å². The maximum Gasteiger partial charge on any atom is 0.406 e. The maximum absolute atomic E-state index is 12.5. The minimum Gasteiger partial charge on any atom is -0.324 e. The number of aromatic nitrogens is 1. The molecule has 3 nitrogen and oxygen atoms in total. The number of halogens is 3. The van der Waals surface area contributed by atoms with Crippen molar-refractivity contribution in [1.29, 1.82) is 0 Å². The third-order valence-corrected chi connectivity index (χ3v) is 2.82. The average Bonchev–Trinajstić information content (AvgIpc) is 2.44. The van der Waals surface area contributed by atoms with E-state index in [0.29, 0.717) is 10.4 Å². The van der Waals surface area contributed by atoms with E-state index >= 15 is 0 Å². The Morgan fingerprint density at radius 2 is 1.95 bits per heavy atom. The molecular formula is C15H13F3N2O. The lowest BCUT2D eigenvalue weighted by molar-refractivity contribution is -0.139. The first-order valence-electron chi connectivity index (χ1n) is 6.23. The normalized spacial score (nSPS) is 11.4. The van der Waals surface area contributed by atoms with Crippen LogP contribution in [0.5, 0.6) is 0 Å². The van der Waals surface area contributed by atoms with Gasteiger partial charge in [-0.3, -0.25) is 4.79 Å².